The summed E-state index contributed by atoms with van der Waals surface area (Å²) in [4.78, 5) is 16.4. The summed E-state index contributed by atoms with van der Waals surface area (Å²) in [5.41, 5.74) is 8.84. The molecule has 0 radical (unpaired) electrons. The van der Waals surface area contributed by atoms with E-state index >= 15 is 0 Å². The molecule has 0 fully saturated rings. The van der Waals surface area contributed by atoms with Gasteiger partial charge >= 0.3 is 0 Å². The average molecular weight is 254 g/mol. The highest BCUT2D eigenvalue weighted by atomic mass is 16.7. The predicted molar refractivity (Wildman–Crippen MR) is 65.8 cm³/mol. The minimum Gasteiger partial charge on any atom is -0.508 e. The average Bonchev–Trinajstić information content (AvgIpc) is 2.37. The first kappa shape index (κ1) is 14.4. The van der Waals surface area contributed by atoms with Crippen LogP contribution in [0.25, 0.3) is 0 Å². The van der Waals surface area contributed by atoms with Crippen molar-refractivity contribution in [3.63, 3.8) is 0 Å². The van der Waals surface area contributed by atoms with Crippen molar-refractivity contribution in [2.24, 2.45) is 5.73 Å². The number of hydrogen-bond donors (Lipinski definition) is 3. The lowest BCUT2D eigenvalue weighted by Gasteiger charge is -2.12. The first-order chi connectivity index (χ1) is 8.63. The Bertz CT molecular complexity index is 367. The standard InChI is InChI=1S/C12H18N2O4/c1-17-6-7-18-14-12(16)11(13)8-9-2-4-10(15)5-3-9/h2-5,11,15H,6-8,13H2,1H3,(H,14,16)/t11-/m1/s1. The van der Waals surface area contributed by atoms with Crippen LogP contribution >= 0.6 is 0 Å². The largest absolute Gasteiger partial charge is 0.508 e. The smallest absolute Gasteiger partial charge is 0.260 e. The fourth-order valence-electron chi connectivity index (χ4n) is 1.30. The van der Waals surface area contributed by atoms with E-state index in [-0.39, 0.29) is 18.3 Å². The lowest BCUT2D eigenvalue weighted by molar-refractivity contribution is -0.135. The highest BCUT2D eigenvalue weighted by molar-refractivity contribution is 5.80. The molecule has 0 aliphatic heterocycles. The number of rotatable bonds is 7. The highest BCUT2D eigenvalue weighted by Gasteiger charge is 2.13. The van der Waals surface area contributed by atoms with Crippen LogP contribution in [0.2, 0.25) is 0 Å². The fourth-order valence-corrected chi connectivity index (χ4v) is 1.30. The van der Waals surface area contributed by atoms with Gasteiger partial charge < -0.3 is 15.6 Å². The molecular formula is C12H18N2O4. The molecule has 1 aromatic carbocycles. The Morgan fingerprint density at radius 3 is 2.67 bits per heavy atom. The van der Waals surface area contributed by atoms with Gasteiger partial charge in [-0.1, -0.05) is 12.1 Å². The third kappa shape index (κ3) is 5.13. The van der Waals surface area contributed by atoms with Crippen LogP contribution in [0.1, 0.15) is 5.56 Å². The Labute approximate surface area is 106 Å². The molecular weight excluding hydrogens is 236 g/mol. The Morgan fingerprint density at radius 1 is 1.39 bits per heavy atom. The van der Waals surface area contributed by atoms with Crippen molar-refractivity contribution in [1.29, 1.82) is 0 Å². The molecule has 0 aromatic heterocycles. The number of nitrogens with two attached hydrogens (primary N) is 1. The number of amides is 1. The first-order valence-corrected chi connectivity index (χ1v) is 5.57. The number of carbonyl (C=O) groups excluding carboxylic acids is 1. The summed E-state index contributed by atoms with van der Waals surface area (Å²) in [6.45, 7) is 0.668. The summed E-state index contributed by atoms with van der Waals surface area (Å²) in [5.74, 6) is -0.209. The molecule has 0 bridgehead atoms. The molecule has 100 valence electrons. The van der Waals surface area contributed by atoms with Crippen LogP contribution in [0.4, 0.5) is 0 Å². The Hall–Kier alpha value is -1.63. The van der Waals surface area contributed by atoms with E-state index in [0.29, 0.717) is 13.0 Å². The number of benzene rings is 1. The van der Waals surface area contributed by atoms with Crippen molar-refractivity contribution >= 4 is 5.91 Å². The molecule has 1 rings (SSSR count). The van der Waals surface area contributed by atoms with Gasteiger partial charge in [0, 0.05) is 7.11 Å². The topological polar surface area (TPSA) is 93.8 Å². The predicted octanol–water partition coefficient (Wildman–Crippen LogP) is -0.0438. The third-order valence-electron chi connectivity index (χ3n) is 2.29. The molecule has 0 aliphatic rings. The molecule has 18 heavy (non-hydrogen) atoms. The molecule has 0 saturated carbocycles. The first-order valence-electron chi connectivity index (χ1n) is 5.57. The molecule has 1 atom stereocenters. The van der Waals surface area contributed by atoms with E-state index in [2.05, 4.69) is 5.48 Å². The minimum atomic E-state index is -0.697. The van der Waals surface area contributed by atoms with Crippen LogP contribution in [0.15, 0.2) is 24.3 Å². The molecule has 1 aromatic rings. The van der Waals surface area contributed by atoms with E-state index in [1.54, 1.807) is 31.4 Å². The van der Waals surface area contributed by atoms with Crippen LogP contribution in [0.3, 0.4) is 0 Å². The van der Waals surface area contributed by atoms with E-state index in [4.69, 9.17) is 20.4 Å². The third-order valence-corrected chi connectivity index (χ3v) is 2.29. The number of hydrogen-bond acceptors (Lipinski definition) is 5. The van der Waals surface area contributed by atoms with Gasteiger partial charge in [-0.2, -0.15) is 0 Å². The molecule has 4 N–H and O–H groups in total. The second kappa shape index (κ2) is 7.65. The van der Waals surface area contributed by atoms with Gasteiger partial charge in [0.1, 0.15) is 5.75 Å². The molecule has 0 aliphatic carbocycles. The van der Waals surface area contributed by atoms with Crippen molar-refractivity contribution in [2.45, 2.75) is 12.5 Å². The normalized spacial score (nSPS) is 12.1. The zero-order chi connectivity index (χ0) is 13.4. The second-order valence-electron chi connectivity index (χ2n) is 3.78. The molecule has 0 heterocycles. The number of aromatic hydroxyl groups is 1. The number of hydroxylamine groups is 1. The monoisotopic (exact) mass is 254 g/mol. The number of ether oxygens (including phenoxy) is 1. The summed E-state index contributed by atoms with van der Waals surface area (Å²) in [6.07, 6.45) is 0.375. The maximum absolute atomic E-state index is 11.5. The highest BCUT2D eigenvalue weighted by Crippen LogP contribution is 2.10. The SMILES string of the molecule is COCCONC(=O)[C@H](N)Cc1ccc(O)cc1. The number of nitrogens with one attached hydrogen (secondary N) is 1. The molecule has 0 unspecified atom stereocenters. The van der Waals surface area contributed by atoms with Crippen LogP contribution < -0.4 is 11.2 Å². The Kier molecular flexibility index (Phi) is 6.13. The van der Waals surface area contributed by atoms with Crippen molar-refractivity contribution in [2.75, 3.05) is 20.3 Å². The lowest BCUT2D eigenvalue weighted by atomic mass is 10.1. The van der Waals surface area contributed by atoms with Crippen LogP contribution in [-0.4, -0.2) is 37.4 Å². The van der Waals surface area contributed by atoms with E-state index < -0.39 is 6.04 Å². The second-order valence-corrected chi connectivity index (χ2v) is 3.78. The minimum absolute atomic E-state index is 0.180. The number of carbonyl (C=O) groups is 1. The quantitative estimate of drug-likeness (QED) is 0.469. The van der Waals surface area contributed by atoms with Crippen LogP contribution in [0, 0.1) is 0 Å². The molecule has 1 amide bonds. The van der Waals surface area contributed by atoms with Gasteiger partial charge in [0.15, 0.2) is 0 Å². The lowest BCUT2D eigenvalue weighted by Crippen LogP contribution is -2.42. The van der Waals surface area contributed by atoms with E-state index in [1.165, 1.54) is 0 Å². The number of phenols is 1. The molecule has 6 nitrogen and oxygen atoms in total. The maximum atomic E-state index is 11.5. The van der Waals surface area contributed by atoms with Crippen molar-refractivity contribution in [3.05, 3.63) is 29.8 Å². The van der Waals surface area contributed by atoms with Crippen LogP contribution in [0.5, 0.6) is 5.75 Å². The van der Waals surface area contributed by atoms with Crippen LogP contribution in [-0.2, 0) is 20.8 Å². The summed E-state index contributed by atoms with van der Waals surface area (Å²) in [5, 5.41) is 9.12. The Balaban J connectivity index is 2.33. The maximum Gasteiger partial charge on any atom is 0.260 e. The fraction of sp³-hybridized carbons (Fsp3) is 0.417. The number of phenolic OH excluding ortho intramolecular Hbond substituents is 1. The van der Waals surface area contributed by atoms with Gasteiger partial charge in [-0.15, -0.1) is 0 Å². The summed E-state index contributed by atoms with van der Waals surface area (Å²) in [6, 6.07) is 5.84. The summed E-state index contributed by atoms with van der Waals surface area (Å²) < 4.78 is 4.76. The van der Waals surface area contributed by atoms with Crippen molar-refractivity contribution in [3.8, 4) is 5.75 Å². The van der Waals surface area contributed by atoms with E-state index in [0.717, 1.165) is 5.56 Å². The molecule has 0 saturated heterocycles. The summed E-state index contributed by atoms with van der Waals surface area (Å²) >= 11 is 0. The zero-order valence-electron chi connectivity index (χ0n) is 10.3. The van der Waals surface area contributed by atoms with Crippen molar-refractivity contribution < 1.29 is 19.5 Å². The van der Waals surface area contributed by atoms with Gasteiger partial charge in [0.25, 0.3) is 5.91 Å². The van der Waals surface area contributed by atoms with E-state index in [9.17, 15) is 4.79 Å². The molecule has 6 heteroatoms. The van der Waals surface area contributed by atoms with Crippen molar-refractivity contribution in [1.82, 2.24) is 5.48 Å². The summed E-state index contributed by atoms with van der Waals surface area (Å²) in [7, 11) is 1.54. The van der Waals surface area contributed by atoms with E-state index in [1.807, 2.05) is 0 Å². The zero-order valence-corrected chi connectivity index (χ0v) is 10.3. The van der Waals surface area contributed by atoms with Gasteiger partial charge in [-0.3, -0.25) is 9.63 Å². The van der Waals surface area contributed by atoms with Gasteiger partial charge in [-0.25, -0.2) is 5.48 Å². The Morgan fingerprint density at radius 2 is 2.06 bits per heavy atom. The van der Waals surface area contributed by atoms with Gasteiger partial charge in [-0.05, 0) is 24.1 Å². The van der Waals surface area contributed by atoms with Gasteiger partial charge in [0.05, 0.1) is 19.3 Å². The number of methoxy groups -OCH3 is 1. The van der Waals surface area contributed by atoms with Gasteiger partial charge in [0.2, 0.25) is 0 Å². The molecule has 0 spiro atoms.